The van der Waals surface area contributed by atoms with Crippen molar-refractivity contribution in [2.75, 3.05) is 5.33 Å². The summed E-state index contributed by atoms with van der Waals surface area (Å²) in [6.45, 7) is 2.26. The summed E-state index contributed by atoms with van der Waals surface area (Å²) in [5.74, 6) is 0. The molecule has 0 heterocycles. The molecule has 0 unspecified atom stereocenters. The van der Waals surface area contributed by atoms with Gasteiger partial charge in [-0.3, -0.25) is 0 Å². The van der Waals surface area contributed by atoms with Crippen LogP contribution in [-0.4, -0.2) is 5.33 Å². The highest BCUT2D eigenvalue weighted by Gasteiger charge is 1.90. The molecule has 0 atom stereocenters. The van der Waals surface area contributed by atoms with E-state index in [4.69, 9.17) is 0 Å². The predicted molar refractivity (Wildman–Crippen MR) is 97.8 cm³/mol. The monoisotopic (exact) mass is 342 g/mol. The van der Waals surface area contributed by atoms with Gasteiger partial charge in [-0.15, -0.1) is 0 Å². The summed E-state index contributed by atoms with van der Waals surface area (Å²) in [5.41, 5.74) is 0. The molecule has 0 saturated carbocycles. The second kappa shape index (κ2) is 19.0. The largest absolute Gasteiger partial charge is 0.0928 e. The Labute approximate surface area is 136 Å². The number of rotatable bonds is 15. The Bertz CT molecular complexity index is 218. The second-order valence-corrected chi connectivity index (χ2v) is 6.42. The van der Waals surface area contributed by atoms with Gasteiger partial charge in [-0.2, -0.15) is 0 Å². The van der Waals surface area contributed by atoms with Crippen LogP contribution in [0.1, 0.15) is 90.4 Å². The third-order valence-electron chi connectivity index (χ3n) is 3.58. The second-order valence-electron chi connectivity index (χ2n) is 5.63. The number of hydrogen-bond acceptors (Lipinski definition) is 0. The fraction of sp³-hybridized carbons (Fsp3) is 0.789. The van der Waals surface area contributed by atoms with Crippen molar-refractivity contribution in [3.63, 3.8) is 0 Å². The number of unbranched alkanes of at least 4 members (excludes halogenated alkanes) is 10. The number of allylic oxidation sites excluding steroid dienone is 4. The Morgan fingerprint density at radius 2 is 1.10 bits per heavy atom. The first-order chi connectivity index (χ1) is 9.91. The van der Waals surface area contributed by atoms with Crippen LogP contribution < -0.4 is 0 Å². The van der Waals surface area contributed by atoms with Gasteiger partial charge in [-0.1, -0.05) is 92.1 Å². The Kier molecular flexibility index (Phi) is 18.9. The molecule has 1 heteroatoms. The third-order valence-corrected chi connectivity index (χ3v) is 4.14. The molecule has 0 rings (SSSR count). The zero-order chi connectivity index (χ0) is 14.7. The minimum Gasteiger partial charge on any atom is -0.0928 e. The van der Waals surface area contributed by atoms with E-state index < -0.39 is 0 Å². The molecule has 0 bridgehead atoms. The molecule has 0 aliphatic carbocycles. The lowest BCUT2D eigenvalue weighted by molar-refractivity contribution is 0.594. The molecule has 0 aliphatic rings. The fourth-order valence-electron chi connectivity index (χ4n) is 2.26. The highest BCUT2D eigenvalue weighted by molar-refractivity contribution is 9.09. The van der Waals surface area contributed by atoms with E-state index in [0.29, 0.717) is 0 Å². The van der Waals surface area contributed by atoms with E-state index >= 15 is 0 Å². The van der Waals surface area contributed by atoms with Crippen molar-refractivity contribution < 1.29 is 0 Å². The van der Waals surface area contributed by atoms with Crippen molar-refractivity contribution in [3.05, 3.63) is 24.3 Å². The van der Waals surface area contributed by atoms with Crippen LogP contribution in [0.4, 0.5) is 0 Å². The third kappa shape index (κ3) is 18.0. The van der Waals surface area contributed by atoms with Gasteiger partial charge in [0.05, 0.1) is 0 Å². The quantitative estimate of drug-likeness (QED) is 0.163. The average molecular weight is 343 g/mol. The van der Waals surface area contributed by atoms with E-state index in [1.807, 2.05) is 0 Å². The van der Waals surface area contributed by atoms with Crippen LogP contribution >= 0.6 is 15.9 Å². The van der Waals surface area contributed by atoms with E-state index in [0.717, 1.165) is 6.42 Å². The summed E-state index contributed by atoms with van der Waals surface area (Å²) in [6, 6.07) is 0. The molecule has 0 spiro atoms. The lowest BCUT2D eigenvalue weighted by Gasteiger charge is -1.99. The SMILES string of the molecule is CCCCC/C=C\C/C=C\CCCCCCCCCBr. The summed E-state index contributed by atoms with van der Waals surface area (Å²) >= 11 is 3.48. The smallest absolute Gasteiger partial charge is 0.00313 e. The highest BCUT2D eigenvalue weighted by atomic mass is 79.9. The van der Waals surface area contributed by atoms with Gasteiger partial charge in [0.15, 0.2) is 0 Å². The van der Waals surface area contributed by atoms with Crippen molar-refractivity contribution in [2.24, 2.45) is 0 Å². The predicted octanol–water partition coefficient (Wildman–Crippen LogP) is 7.58. The Morgan fingerprint density at radius 1 is 0.600 bits per heavy atom. The fourth-order valence-corrected chi connectivity index (χ4v) is 2.66. The standard InChI is InChI=1S/C19H35Br/c1-2-3-4-5-6-7-8-9-10-11-12-13-14-15-16-17-18-19-20/h6-7,9-10H,2-5,8,11-19H2,1H3/b7-6-,10-9-. The maximum absolute atomic E-state index is 3.48. The Hall–Kier alpha value is -0.0400. The van der Waals surface area contributed by atoms with Crippen LogP contribution in [0.25, 0.3) is 0 Å². The first kappa shape index (κ1) is 20.0. The van der Waals surface area contributed by atoms with E-state index in [2.05, 4.69) is 47.2 Å². The molecule has 0 aromatic heterocycles. The normalized spacial score (nSPS) is 11.9. The van der Waals surface area contributed by atoms with Crippen LogP contribution in [0, 0.1) is 0 Å². The lowest BCUT2D eigenvalue weighted by Crippen LogP contribution is -1.80. The average Bonchev–Trinajstić information content (AvgIpc) is 2.47. The van der Waals surface area contributed by atoms with Crippen molar-refractivity contribution in [2.45, 2.75) is 90.4 Å². The number of hydrogen-bond donors (Lipinski definition) is 0. The van der Waals surface area contributed by atoms with Gasteiger partial charge in [-0.05, 0) is 38.5 Å². The van der Waals surface area contributed by atoms with E-state index in [1.54, 1.807) is 0 Å². The first-order valence-corrected chi connectivity index (χ1v) is 9.90. The molecule has 118 valence electrons. The molecule has 20 heavy (non-hydrogen) atoms. The summed E-state index contributed by atoms with van der Waals surface area (Å²) < 4.78 is 0. The number of halogens is 1. The summed E-state index contributed by atoms with van der Waals surface area (Å²) in [5, 5.41) is 1.17. The van der Waals surface area contributed by atoms with Crippen molar-refractivity contribution in [1.82, 2.24) is 0 Å². The molecule has 0 aromatic rings. The van der Waals surface area contributed by atoms with E-state index in [1.165, 1.54) is 82.4 Å². The summed E-state index contributed by atoms with van der Waals surface area (Å²) in [4.78, 5) is 0. The zero-order valence-electron chi connectivity index (χ0n) is 13.6. The minimum atomic E-state index is 1.12. The van der Waals surface area contributed by atoms with Gasteiger partial charge in [0.25, 0.3) is 0 Å². The van der Waals surface area contributed by atoms with Crippen molar-refractivity contribution >= 4 is 15.9 Å². The van der Waals surface area contributed by atoms with Crippen LogP contribution in [0.5, 0.6) is 0 Å². The maximum atomic E-state index is 3.48. The van der Waals surface area contributed by atoms with Crippen LogP contribution in [-0.2, 0) is 0 Å². The Morgan fingerprint density at radius 3 is 1.65 bits per heavy atom. The van der Waals surface area contributed by atoms with E-state index in [-0.39, 0.29) is 0 Å². The maximum Gasteiger partial charge on any atom is 0.00313 e. The minimum absolute atomic E-state index is 1.12. The summed E-state index contributed by atoms with van der Waals surface area (Å²) in [7, 11) is 0. The lowest BCUT2D eigenvalue weighted by atomic mass is 10.1. The molecule has 0 aliphatic heterocycles. The van der Waals surface area contributed by atoms with Crippen LogP contribution in [0.15, 0.2) is 24.3 Å². The van der Waals surface area contributed by atoms with Gasteiger partial charge in [0.1, 0.15) is 0 Å². The van der Waals surface area contributed by atoms with Crippen molar-refractivity contribution in [3.8, 4) is 0 Å². The van der Waals surface area contributed by atoms with E-state index in [9.17, 15) is 0 Å². The van der Waals surface area contributed by atoms with Gasteiger partial charge >= 0.3 is 0 Å². The van der Waals surface area contributed by atoms with Gasteiger partial charge in [0, 0.05) is 5.33 Å². The molecular formula is C19H35Br. The highest BCUT2D eigenvalue weighted by Crippen LogP contribution is 2.09. The van der Waals surface area contributed by atoms with Crippen molar-refractivity contribution in [1.29, 1.82) is 0 Å². The molecule has 0 nitrogen and oxygen atoms in total. The number of alkyl halides is 1. The Balaban J connectivity index is 3.12. The molecule has 0 aromatic carbocycles. The molecule has 0 saturated heterocycles. The topological polar surface area (TPSA) is 0 Å². The molecule has 0 amide bonds. The molecule has 0 N–H and O–H groups in total. The molecular weight excluding hydrogens is 308 g/mol. The van der Waals surface area contributed by atoms with Crippen LogP contribution in [0.2, 0.25) is 0 Å². The summed E-state index contributed by atoms with van der Waals surface area (Å²) in [6.07, 6.45) is 26.8. The van der Waals surface area contributed by atoms with Gasteiger partial charge in [-0.25, -0.2) is 0 Å². The van der Waals surface area contributed by atoms with Gasteiger partial charge < -0.3 is 0 Å². The zero-order valence-corrected chi connectivity index (χ0v) is 15.2. The molecule has 0 fully saturated rings. The van der Waals surface area contributed by atoms with Crippen LogP contribution in [0.3, 0.4) is 0 Å². The van der Waals surface area contributed by atoms with Gasteiger partial charge in [0.2, 0.25) is 0 Å². The molecule has 0 radical (unpaired) electrons. The first-order valence-electron chi connectivity index (χ1n) is 8.77.